The van der Waals surface area contributed by atoms with Gasteiger partial charge in [-0.2, -0.15) is 4.68 Å². The van der Waals surface area contributed by atoms with Gasteiger partial charge in [0.25, 0.3) is 11.5 Å². The molecule has 27 heavy (non-hydrogen) atoms. The quantitative estimate of drug-likeness (QED) is 0.585. The fourth-order valence-electron chi connectivity index (χ4n) is 2.91. The third-order valence-corrected chi connectivity index (χ3v) is 4.50. The summed E-state index contributed by atoms with van der Waals surface area (Å²) in [6.45, 7) is 4.29. The summed E-state index contributed by atoms with van der Waals surface area (Å²) < 4.78 is 53.1. The maximum atomic E-state index is 14.2. The number of H-pyrrole nitrogens is 1. The van der Waals surface area contributed by atoms with Crippen LogP contribution in [-0.4, -0.2) is 32.1 Å². The standard InChI is InChI=1S/C16H23F2N3O5S/c1-8(2)13(26-4)9-6-10-12(7-11(9)16(3,17)18)19-15(23)21(14(10)22)20-27(5,24)25/h6-8,13,20,24-25H,1-5H3,(H,19,23). The molecule has 0 saturated carbocycles. The maximum absolute atomic E-state index is 14.2. The summed E-state index contributed by atoms with van der Waals surface area (Å²) in [6, 6.07) is 2.30. The highest BCUT2D eigenvalue weighted by atomic mass is 32.3. The van der Waals surface area contributed by atoms with E-state index >= 15 is 0 Å². The Labute approximate surface area is 155 Å². The Morgan fingerprint density at radius 3 is 2.33 bits per heavy atom. The third kappa shape index (κ3) is 4.49. The number of nitrogens with zero attached hydrogens (tertiary/aromatic N) is 1. The van der Waals surface area contributed by atoms with Gasteiger partial charge < -0.3 is 9.72 Å². The lowest BCUT2D eigenvalue weighted by Gasteiger charge is -2.29. The van der Waals surface area contributed by atoms with E-state index in [1.54, 1.807) is 13.8 Å². The Balaban J connectivity index is 2.89. The zero-order valence-electron chi connectivity index (χ0n) is 15.5. The predicted octanol–water partition coefficient (Wildman–Crippen LogP) is 2.98. The van der Waals surface area contributed by atoms with Crippen LogP contribution in [0.4, 0.5) is 8.78 Å². The van der Waals surface area contributed by atoms with Gasteiger partial charge in [-0.15, -0.1) is 10.8 Å². The monoisotopic (exact) mass is 407 g/mol. The van der Waals surface area contributed by atoms with E-state index in [9.17, 15) is 27.5 Å². The molecule has 0 aliphatic carbocycles. The Hall–Kier alpha value is -1.95. The molecule has 11 heteroatoms. The SMILES string of the molecule is COC(c1cc2c(=O)n(NS(C)(O)O)c(=O)[nH]c2cc1C(C)(F)F)C(C)C. The summed E-state index contributed by atoms with van der Waals surface area (Å²) >= 11 is 0. The molecule has 1 heterocycles. The number of aromatic amines is 1. The number of fused-ring (bicyclic) bond motifs is 1. The van der Waals surface area contributed by atoms with Gasteiger partial charge in [0, 0.05) is 25.9 Å². The van der Waals surface area contributed by atoms with Crippen LogP contribution >= 0.6 is 10.8 Å². The number of nitrogens with one attached hydrogen (secondary N) is 2. The first-order valence-electron chi connectivity index (χ1n) is 8.01. The zero-order valence-corrected chi connectivity index (χ0v) is 16.4. The third-order valence-electron chi connectivity index (χ3n) is 3.97. The first-order chi connectivity index (χ1) is 12.3. The zero-order chi connectivity index (χ0) is 20.7. The van der Waals surface area contributed by atoms with Crippen molar-refractivity contribution in [2.45, 2.75) is 32.8 Å². The van der Waals surface area contributed by atoms with Gasteiger partial charge in [0.05, 0.1) is 17.0 Å². The van der Waals surface area contributed by atoms with Crippen molar-refractivity contribution in [3.05, 3.63) is 44.1 Å². The molecule has 1 aromatic carbocycles. The highest BCUT2D eigenvalue weighted by Crippen LogP contribution is 2.38. The van der Waals surface area contributed by atoms with Crippen LogP contribution in [0.5, 0.6) is 0 Å². The van der Waals surface area contributed by atoms with Crippen LogP contribution in [0.15, 0.2) is 21.7 Å². The van der Waals surface area contributed by atoms with E-state index in [0.29, 0.717) is 4.68 Å². The molecule has 0 amide bonds. The summed E-state index contributed by atoms with van der Waals surface area (Å²) in [5.74, 6) is -3.41. The van der Waals surface area contributed by atoms with Gasteiger partial charge in [-0.1, -0.05) is 13.8 Å². The molecule has 152 valence electrons. The molecule has 8 nitrogen and oxygen atoms in total. The Morgan fingerprint density at radius 2 is 1.89 bits per heavy atom. The molecule has 0 fully saturated rings. The van der Waals surface area contributed by atoms with Crippen LogP contribution < -0.4 is 16.1 Å². The average Bonchev–Trinajstić information content (AvgIpc) is 2.50. The summed E-state index contributed by atoms with van der Waals surface area (Å²) in [5, 5.41) is -0.0727. The lowest BCUT2D eigenvalue weighted by Crippen LogP contribution is -2.42. The van der Waals surface area contributed by atoms with E-state index in [0.717, 1.165) is 19.2 Å². The highest BCUT2D eigenvalue weighted by Gasteiger charge is 2.32. The lowest BCUT2D eigenvalue weighted by molar-refractivity contribution is 0.00843. The van der Waals surface area contributed by atoms with E-state index < -0.39 is 34.1 Å². The Morgan fingerprint density at radius 1 is 1.30 bits per heavy atom. The van der Waals surface area contributed by atoms with Gasteiger partial charge in [0.2, 0.25) is 0 Å². The topological polar surface area (TPSA) is 117 Å². The number of halogens is 2. The van der Waals surface area contributed by atoms with Crippen molar-refractivity contribution < 1.29 is 22.6 Å². The smallest absolute Gasteiger partial charge is 0.349 e. The van der Waals surface area contributed by atoms with Gasteiger partial charge in [0.1, 0.15) is 0 Å². The summed E-state index contributed by atoms with van der Waals surface area (Å²) in [4.78, 5) is 29.1. The number of rotatable bonds is 6. The Kier molecular flexibility index (Phi) is 5.71. The van der Waals surface area contributed by atoms with Crippen LogP contribution in [0.2, 0.25) is 0 Å². The van der Waals surface area contributed by atoms with Crippen molar-refractivity contribution in [1.82, 2.24) is 9.66 Å². The first-order valence-corrected chi connectivity index (χ1v) is 9.96. The molecule has 2 aromatic rings. The molecule has 0 bridgehead atoms. The van der Waals surface area contributed by atoms with E-state index in [1.165, 1.54) is 13.2 Å². The van der Waals surface area contributed by atoms with E-state index in [1.807, 2.05) is 4.83 Å². The van der Waals surface area contributed by atoms with Crippen LogP contribution in [0, 0.1) is 5.92 Å². The summed E-state index contributed by atoms with van der Waals surface area (Å²) in [5.41, 5.74) is -2.25. The average molecular weight is 407 g/mol. The van der Waals surface area contributed by atoms with Crippen LogP contribution in [0.3, 0.4) is 0 Å². The first kappa shape index (κ1) is 21.4. The van der Waals surface area contributed by atoms with E-state index in [-0.39, 0.29) is 27.9 Å². The van der Waals surface area contributed by atoms with Crippen LogP contribution in [0.25, 0.3) is 10.9 Å². The van der Waals surface area contributed by atoms with E-state index in [2.05, 4.69) is 4.98 Å². The molecule has 0 radical (unpaired) electrons. The molecule has 0 spiro atoms. The van der Waals surface area contributed by atoms with Crippen molar-refractivity contribution in [3.63, 3.8) is 0 Å². The van der Waals surface area contributed by atoms with Crippen LogP contribution in [-0.2, 0) is 10.7 Å². The summed E-state index contributed by atoms with van der Waals surface area (Å²) in [7, 11) is -2.04. The molecular weight excluding hydrogens is 384 g/mol. The predicted molar refractivity (Wildman–Crippen MR) is 101 cm³/mol. The fourth-order valence-corrected chi connectivity index (χ4v) is 3.42. The van der Waals surface area contributed by atoms with Gasteiger partial charge in [-0.3, -0.25) is 13.9 Å². The van der Waals surface area contributed by atoms with Gasteiger partial charge in [0.15, 0.2) is 0 Å². The number of benzene rings is 1. The molecule has 2 rings (SSSR count). The van der Waals surface area contributed by atoms with Crippen LogP contribution in [0.1, 0.15) is 38.0 Å². The number of hydrogen-bond donors (Lipinski definition) is 4. The molecule has 0 aliphatic rings. The van der Waals surface area contributed by atoms with Crippen molar-refractivity contribution in [3.8, 4) is 0 Å². The second kappa shape index (κ2) is 7.23. The number of ether oxygens (including phenoxy) is 1. The molecule has 1 atom stereocenters. The molecular formula is C16H23F2N3O5S. The van der Waals surface area contributed by atoms with Crippen molar-refractivity contribution in [1.29, 1.82) is 0 Å². The minimum absolute atomic E-state index is 0.0727. The Bertz CT molecular complexity index is 960. The summed E-state index contributed by atoms with van der Waals surface area (Å²) in [6.07, 6.45) is 0.282. The number of methoxy groups -OCH3 is 1. The minimum atomic E-state index is -3.42. The number of aromatic nitrogens is 2. The van der Waals surface area contributed by atoms with Gasteiger partial charge in [-0.25, -0.2) is 18.4 Å². The normalized spacial score (nSPS) is 14.6. The van der Waals surface area contributed by atoms with E-state index in [4.69, 9.17) is 4.74 Å². The van der Waals surface area contributed by atoms with Crippen molar-refractivity contribution >= 4 is 21.7 Å². The van der Waals surface area contributed by atoms with Crippen molar-refractivity contribution in [2.24, 2.45) is 5.92 Å². The lowest BCUT2D eigenvalue weighted by atomic mass is 9.90. The second-order valence-corrected chi connectivity index (χ2v) is 8.62. The molecule has 4 N–H and O–H groups in total. The number of hydrogen-bond acceptors (Lipinski definition) is 6. The molecule has 0 saturated heterocycles. The number of alkyl halides is 2. The largest absolute Gasteiger partial charge is 0.376 e. The second-order valence-electron chi connectivity index (χ2n) is 6.77. The van der Waals surface area contributed by atoms with Crippen molar-refractivity contribution in [2.75, 3.05) is 18.2 Å². The fraction of sp³-hybridized carbons (Fsp3) is 0.500. The molecule has 0 aliphatic heterocycles. The maximum Gasteiger partial charge on any atom is 0.349 e. The van der Waals surface area contributed by atoms with Gasteiger partial charge >= 0.3 is 5.69 Å². The van der Waals surface area contributed by atoms with Gasteiger partial charge in [-0.05, 0) is 23.6 Å². The molecule has 1 aromatic heterocycles. The minimum Gasteiger partial charge on any atom is -0.376 e. The molecule has 1 unspecified atom stereocenters. The highest BCUT2D eigenvalue weighted by molar-refractivity contribution is 8.24.